The minimum atomic E-state index is 0.445. The summed E-state index contributed by atoms with van der Waals surface area (Å²) in [5.74, 6) is 0.445. The fourth-order valence-electron chi connectivity index (χ4n) is 1.57. The molecule has 2 aromatic rings. The number of benzene rings is 1. The van der Waals surface area contributed by atoms with E-state index in [1.165, 1.54) is 0 Å². The Hall–Kier alpha value is -2.10. The third-order valence-electron chi connectivity index (χ3n) is 2.44. The Labute approximate surface area is 94.2 Å². The van der Waals surface area contributed by atoms with Crippen LogP contribution in [0.1, 0.15) is 5.56 Å². The van der Waals surface area contributed by atoms with E-state index in [1.54, 1.807) is 13.2 Å². The molecule has 0 radical (unpaired) electrons. The third kappa shape index (κ3) is 2.11. The van der Waals surface area contributed by atoms with Crippen molar-refractivity contribution in [2.45, 2.75) is 6.54 Å². The molecule has 82 valence electrons. The SMILES string of the molecule is CN=C(N)NCc1ccnc2ccccc12. The van der Waals surface area contributed by atoms with Crippen molar-refractivity contribution < 1.29 is 0 Å². The van der Waals surface area contributed by atoms with Crippen LogP contribution in [0, 0.1) is 0 Å². The van der Waals surface area contributed by atoms with Crippen molar-refractivity contribution in [2.75, 3.05) is 7.05 Å². The highest BCUT2D eigenvalue weighted by atomic mass is 15.1. The van der Waals surface area contributed by atoms with Gasteiger partial charge in [-0.3, -0.25) is 9.98 Å². The summed E-state index contributed by atoms with van der Waals surface area (Å²) in [5, 5.41) is 4.18. The highest BCUT2D eigenvalue weighted by molar-refractivity contribution is 5.83. The number of nitrogens with two attached hydrogens (primary N) is 1. The van der Waals surface area contributed by atoms with Gasteiger partial charge in [0, 0.05) is 25.2 Å². The number of pyridine rings is 1. The van der Waals surface area contributed by atoms with Crippen LogP contribution in [-0.2, 0) is 6.54 Å². The average molecular weight is 214 g/mol. The predicted molar refractivity (Wildman–Crippen MR) is 66.1 cm³/mol. The number of nitrogens with one attached hydrogen (secondary N) is 1. The summed E-state index contributed by atoms with van der Waals surface area (Å²) in [6.07, 6.45) is 1.80. The summed E-state index contributed by atoms with van der Waals surface area (Å²) < 4.78 is 0. The summed E-state index contributed by atoms with van der Waals surface area (Å²) in [7, 11) is 1.66. The van der Waals surface area contributed by atoms with Gasteiger partial charge in [-0.05, 0) is 17.7 Å². The van der Waals surface area contributed by atoms with Crippen LogP contribution in [0.15, 0.2) is 41.5 Å². The van der Waals surface area contributed by atoms with Crippen molar-refractivity contribution in [3.05, 3.63) is 42.1 Å². The lowest BCUT2D eigenvalue weighted by Gasteiger charge is -2.07. The van der Waals surface area contributed by atoms with E-state index in [4.69, 9.17) is 5.73 Å². The lowest BCUT2D eigenvalue weighted by Crippen LogP contribution is -2.30. The molecule has 1 aromatic heterocycles. The fraction of sp³-hybridized carbons (Fsp3) is 0.167. The zero-order valence-corrected chi connectivity index (χ0v) is 9.14. The lowest BCUT2D eigenvalue weighted by molar-refractivity contribution is 0.906. The van der Waals surface area contributed by atoms with Crippen molar-refractivity contribution in [2.24, 2.45) is 10.7 Å². The zero-order valence-electron chi connectivity index (χ0n) is 9.14. The van der Waals surface area contributed by atoms with Gasteiger partial charge in [-0.1, -0.05) is 18.2 Å². The van der Waals surface area contributed by atoms with Gasteiger partial charge >= 0.3 is 0 Å². The number of hydrogen-bond donors (Lipinski definition) is 2. The Morgan fingerprint density at radius 2 is 2.19 bits per heavy atom. The van der Waals surface area contributed by atoms with Crippen LogP contribution in [0.2, 0.25) is 0 Å². The van der Waals surface area contributed by atoms with E-state index in [-0.39, 0.29) is 0 Å². The van der Waals surface area contributed by atoms with E-state index < -0.39 is 0 Å². The zero-order chi connectivity index (χ0) is 11.4. The molecule has 0 unspecified atom stereocenters. The maximum absolute atomic E-state index is 5.59. The van der Waals surface area contributed by atoms with E-state index >= 15 is 0 Å². The summed E-state index contributed by atoms with van der Waals surface area (Å²) in [6.45, 7) is 0.659. The first-order valence-corrected chi connectivity index (χ1v) is 5.10. The summed E-state index contributed by atoms with van der Waals surface area (Å²) in [5.41, 5.74) is 7.75. The molecule has 0 amide bonds. The van der Waals surface area contributed by atoms with Crippen LogP contribution < -0.4 is 11.1 Å². The maximum Gasteiger partial charge on any atom is 0.188 e. The molecule has 4 heteroatoms. The Kier molecular flexibility index (Phi) is 3.00. The standard InChI is InChI=1S/C12H14N4/c1-14-12(13)16-8-9-6-7-15-11-5-3-2-4-10(9)11/h2-7H,8H2,1H3,(H3,13,14,16). The van der Waals surface area contributed by atoms with Gasteiger partial charge in [0.15, 0.2) is 5.96 Å². The number of aliphatic imine (C=N–C) groups is 1. The molecule has 2 rings (SSSR count). The third-order valence-corrected chi connectivity index (χ3v) is 2.44. The first-order chi connectivity index (χ1) is 7.81. The lowest BCUT2D eigenvalue weighted by atomic mass is 10.1. The average Bonchev–Trinajstić information content (AvgIpc) is 2.35. The summed E-state index contributed by atoms with van der Waals surface area (Å²) >= 11 is 0. The van der Waals surface area contributed by atoms with Gasteiger partial charge in [-0.15, -0.1) is 0 Å². The van der Waals surface area contributed by atoms with Crippen LogP contribution in [0.25, 0.3) is 10.9 Å². The van der Waals surface area contributed by atoms with Crippen molar-refractivity contribution in [1.82, 2.24) is 10.3 Å². The smallest absolute Gasteiger partial charge is 0.188 e. The van der Waals surface area contributed by atoms with Crippen molar-refractivity contribution in [3.8, 4) is 0 Å². The van der Waals surface area contributed by atoms with Crippen LogP contribution in [0.3, 0.4) is 0 Å². The van der Waals surface area contributed by atoms with Gasteiger partial charge < -0.3 is 11.1 Å². The number of guanidine groups is 1. The quantitative estimate of drug-likeness (QED) is 0.584. The number of nitrogens with zero attached hydrogens (tertiary/aromatic N) is 2. The Balaban J connectivity index is 2.30. The first kappa shape index (κ1) is 10.4. The molecular formula is C12H14N4. The molecule has 4 nitrogen and oxygen atoms in total. The van der Waals surface area contributed by atoms with Gasteiger partial charge in [0.2, 0.25) is 0 Å². The molecule has 0 saturated heterocycles. The molecule has 0 saturated carbocycles. The Bertz CT molecular complexity index is 514. The first-order valence-electron chi connectivity index (χ1n) is 5.10. The van der Waals surface area contributed by atoms with E-state index in [1.807, 2.05) is 24.3 Å². The molecule has 0 bridgehead atoms. The minimum Gasteiger partial charge on any atom is -0.370 e. The molecule has 1 aromatic carbocycles. The summed E-state index contributed by atoms with van der Waals surface area (Å²) in [6, 6.07) is 10.0. The topological polar surface area (TPSA) is 63.3 Å². The normalized spacial score (nSPS) is 11.7. The van der Waals surface area contributed by atoms with Gasteiger partial charge in [0.25, 0.3) is 0 Å². The highest BCUT2D eigenvalue weighted by Crippen LogP contribution is 2.15. The molecule has 0 aliphatic heterocycles. The van der Waals surface area contributed by atoms with Gasteiger partial charge in [0.1, 0.15) is 0 Å². The number of rotatable bonds is 2. The van der Waals surface area contributed by atoms with Crippen LogP contribution in [0.4, 0.5) is 0 Å². The van der Waals surface area contributed by atoms with E-state index in [2.05, 4.69) is 21.4 Å². The Morgan fingerprint density at radius 3 is 3.00 bits per heavy atom. The second-order valence-corrected chi connectivity index (χ2v) is 3.45. The van der Waals surface area contributed by atoms with Crippen LogP contribution >= 0.6 is 0 Å². The van der Waals surface area contributed by atoms with E-state index in [0.717, 1.165) is 16.5 Å². The second kappa shape index (κ2) is 4.61. The van der Waals surface area contributed by atoms with Gasteiger partial charge in [-0.25, -0.2) is 0 Å². The van der Waals surface area contributed by atoms with E-state index in [9.17, 15) is 0 Å². The second-order valence-electron chi connectivity index (χ2n) is 3.45. The van der Waals surface area contributed by atoms with Gasteiger partial charge in [-0.2, -0.15) is 0 Å². The molecule has 0 aliphatic rings. The summed E-state index contributed by atoms with van der Waals surface area (Å²) in [4.78, 5) is 8.15. The molecule has 0 fully saturated rings. The van der Waals surface area contributed by atoms with Gasteiger partial charge in [0.05, 0.1) is 5.52 Å². The number of aromatic nitrogens is 1. The molecule has 0 aliphatic carbocycles. The largest absolute Gasteiger partial charge is 0.370 e. The van der Waals surface area contributed by atoms with Crippen LogP contribution in [-0.4, -0.2) is 18.0 Å². The monoisotopic (exact) mass is 214 g/mol. The predicted octanol–water partition coefficient (Wildman–Crippen LogP) is 1.27. The molecule has 16 heavy (non-hydrogen) atoms. The number of fused-ring (bicyclic) bond motifs is 1. The van der Waals surface area contributed by atoms with Crippen molar-refractivity contribution in [1.29, 1.82) is 0 Å². The number of para-hydroxylation sites is 1. The highest BCUT2D eigenvalue weighted by Gasteiger charge is 2.00. The maximum atomic E-state index is 5.59. The van der Waals surface area contributed by atoms with Crippen molar-refractivity contribution in [3.63, 3.8) is 0 Å². The Morgan fingerprint density at radius 1 is 1.38 bits per heavy atom. The molecule has 0 spiro atoms. The number of hydrogen-bond acceptors (Lipinski definition) is 2. The fourth-order valence-corrected chi connectivity index (χ4v) is 1.57. The van der Waals surface area contributed by atoms with Crippen molar-refractivity contribution >= 4 is 16.9 Å². The molecular weight excluding hydrogens is 200 g/mol. The molecule has 1 heterocycles. The minimum absolute atomic E-state index is 0.445. The molecule has 0 atom stereocenters. The van der Waals surface area contributed by atoms with Crippen LogP contribution in [0.5, 0.6) is 0 Å². The molecule has 3 N–H and O–H groups in total. The van der Waals surface area contributed by atoms with E-state index in [0.29, 0.717) is 12.5 Å².